The Bertz CT molecular complexity index is 1180. The summed E-state index contributed by atoms with van der Waals surface area (Å²) >= 11 is 4.90. The van der Waals surface area contributed by atoms with Crippen molar-refractivity contribution in [2.24, 2.45) is 0 Å². The number of fused-ring (bicyclic) bond motifs is 1. The van der Waals surface area contributed by atoms with E-state index in [1.54, 1.807) is 47.7 Å². The number of benzene rings is 2. The van der Waals surface area contributed by atoms with E-state index in [0.29, 0.717) is 5.69 Å². The van der Waals surface area contributed by atoms with Gasteiger partial charge in [0.1, 0.15) is 0 Å². The number of nitrogens with one attached hydrogen (secondary N) is 1. The molecule has 2 aromatic heterocycles. The van der Waals surface area contributed by atoms with Gasteiger partial charge in [-0.15, -0.1) is 11.3 Å². The minimum atomic E-state index is -3.61. The van der Waals surface area contributed by atoms with Crippen LogP contribution in [0, 0.1) is 6.92 Å². The highest BCUT2D eigenvalue weighted by molar-refractivity contribution is 9.10. The van der Waals surface area contributed by atoms with Crippen LogP contribution in [-0.4, -0.2) is 17.8 Å². The fourth-order valence-electron chi connectivity index (χ4n) is 2.57. The smallest absolute Gasteiger partial charge is 0.261 e. The average molecular weight is 448 g/mol. The van der Waals surface area contributed by atoms with Gasteiger partial charge in [-0.2, -0.15) is 0 Å². The molecule has 0 radical (unpaired) electrons. The molecule has 4 rings (SSSR count). The lowest BCUT2D eigenvalue weighted by Crippen LogP contribution is -2.12. The van der Waals surface area contributed by atoms with E-state index in [9.17, 15) is 8.42 Å². The number of imidazole rings is 1. The van der Waals surface area contributed by atoms with Crippen LogP contribution in [0.2, 0.25) is 0 Å². The zero-order valence-electron chi connectivity index (χ0n) is 13.7. The Labute approximate surface area is 163 Å². The maximum atomic E-state index is 12.4. The Balaban J connectivity index is 1.58. The van der Waals surface area contributed by atoms with Gasteiger partial charge in [-0.05, 0) is 43.3 Å². The zero-order valence-corrected chi connectivity index (χ0v) is 16.9. The van der Waals surface area contributed by atoms with Gasteiger partial charge in [-0.25, -0.2) is 13.4 Å². The predicted molar refractivity (Wildman–Crippen MR) is 108 cm³/mol. The molecule has 0 unspecified atom stereocenters. The lowest BCUT2D eigenvalue weighted by molar-refractivity contribution is 0.601. The lowest BCUT2D eigenvalue weighted by Gasteiger charge is -2.08. The molecular formula is C18H14BrN3O2S2. The van der Waals surface area contributed by atoms with E-state index in [1.165, 1.54) is 0 Å². The molecule has 8 heteroatoms. The molecule has 4 aromatic rings. The van der Waals surface area contributed by atoms with Gasteiger partial charge in [0, 0.05) is 33.0 Å². The standard InChI is InChI=1S/C18H14BrN3O2S2/c1-12-11-25-18-20-17(10-22(12)18)13-2-6-15(7-3-13)21-26(23,24)16-8-4-14(19)5-9-16/h2-11,21H,1H3. The molecular weight excluding hydrogens is 434 g/mol. The third kappa shape index (κ3) is 3.27. The summed E-state index contributed by atoms with van der Waals surface area (Å²) in [5.41, 5.74) is 3.45. The topological polar surface area (TPSA) is 63.5 Å². The summed E-state index contributed by atoms with van der Waals surface area (Å²) in [6, 6.07) is 13.7. The third-order valence-corrected chi connectivity index (χ3v) is 6.83. The number of halogens is 1. The Hall–Kier alpha value is -2.16. The third-order valence-electron chi connectivity index (χ3n) is 3.95. The molecule has 2 aromatic carbocycles. The van der Waals surface area contributed by atoms with Crippen molar-refractivity contribution < 1.29 is 8.42 Å². The van der Waals surface area contributed by atoms with E-state index >= 15 is 0 Å². The number of hydrogen-bond donors (Lipinski definition) is 1. The van der Waals surface area contributed by atoms with Gasteiger partial charge in [-0.3, -0.25) is 9.12 Å². The van der Waals surface area contributed by atoms with E-state index in [1.807, 2.05) is 29.7 Å². The Morgan fingerprint density at radius 3 is 2.42 bits per heavy atom. The fourth-order valence-corrected chi connectivity index (χ4v) is 4.74. The molecule has 0 fully saturated rings. The van der Waals surface area contributed by atoms with Crippen LogP contribution in [-0.2, 0) is 10.0 Å². The lowest BCUT2D eigenvalue weighted by atomic mass is 10.1. The van der Waals surface area contributed by atoms with Crippen LogP contribution in [0.5, 0.6) is 0 Å². The Morgan fingerprint density at radius 2 is 1.77 bits per heavy atom. The van der Waals surface area contributed by atoms with E-state index in [2.05, 4.69) is 31.0 Å². The fraction of sp³-hybridized carbons (Fsp3) is 0.0556. The molecule has 1 N–H and O–H groups in total. The summed E-state index contributed by atoms with van der Waals surface area (Å²) in [6.07, 6.45) is 1.99. The summed E-state index contributed by atoms with van der Waals surface area (Å²) in [5, 5.41) is 2.06. The quantitative estimate of drug-likeness (QED) is 0.481. The van der Waals surface area contributed by atoms with Gasteiger partial charge >= 0.3 is 0 Å². The second kappa shape index (κ2) is 6.53. The van der Waals surface area contributed by atoms with Crippen molar-refractivity contribution in [3.8, 4) is 11.3 Å². The van der Waals surface area contributed by atoms with Crippen LogP contribution in [0.1, 0.15) is 5.69 Å². The molecule has 0 amide bonds. The molecule has 132 valence electrons. The second-order valence-corrected chi connectivity index (χ2v) is 9.23. The number of sulfonamides is 1. The maximum Gasteiger partial charge on any atom is 0.261 e. The van der Waals surface area contributed by atoms with Crippen molar-refractivity contribution in [1.82, 2.24) is 9.38 Å². The minimum absolute atomic E-state index is 0.217. The van der Waals surface area contributed by atoms with Crippen LogP contribution >= 0.6 is 27.3 Å². The summed E-state index contributed by atoms with van der Waals surface area (Å²) in [5.74, 6) is 0. The predicted octanol–water partition coefficient (Wildman–Crippen LogP) is 4.93. The number of aromatic nitrogens is 2. The first-order valence-electron chi connectivity index (χ1n) is 7.74. The normalized spacial score (nSPS) is 11.8. The van der Waals surface area contributed by atoms with Crippen LogP contribution in [0.3, 0.4) is 0 Å². The molecule has 0 aliphatic carbocycles. The second-order valence-electron chi connectivity index (χ2n) is 5.79. The average Bonchev–Trinajstić information content (AvgIpc) is 3.18. The first-order chi connectivity index (χ1) is 12.4. The number of anilines is 1. The molecule has 0 aliphatic rings. The highest BCUT2D eigenvalue weighted by Crippen LogP contribution is 2.25. The number of nitrogens with zero attached hydrogens (tertiary/aromatic N) is 2. The van der Waals surface area contributed by atoms with Crippen LogP contribution in [0.25, 0.3) is 16.2 Å². The first kappa shape index (κ1) is 17.3. The van der Waals surface area contributed by atoms with Gasteiger partial charge < -0.3 is 0 Å². The highest BCUT2D eigenvalue weighted by Gasteiger charge is 2.14. The van der Waals surface area contributed by atoms with Crippen molar-refractivity contribution >= 4 is 47.9 Å². The monoisotopic (exact) mass is 447 g/mol. The zero-order chi connectivity index (χ0) is 18.3. The number of rotatable bonds is 4. The molecule has 5 nitrogen and oxygen atoms in total. The number of thiazole rings is 1. The SMILES string of the molecule is Cc1csc2nc(-c3ccc(NS(=O)(=O)c4ccc(Br)cc4)cc3)cn12. The Kier molecular flexibility index (Phi) is 4.34. The van der Waals surface area contributed by atoms with Crippen LogP contribution in [0.15, 0.2) is 69.5 Å². The molecule has 0 saturated carbocycles. The van der Waals surface area contributed by atoms with E-state index < -0.39 is 10.0 Å². The van der Waals surface area contributed by atoms with Gasteiger partial charge in [0.05, 0.1) is 10.6 Å². The van der Waals surface area contributed by atoms with Gasteiger partial charge in [0.15, 0.2) is 4.96 Å². The number of aryl methyl sites for hydroxylation is 1. The summed E-state index contributed by atoms with van der Waals surface area (Å²) in [4.78, 5) is 5.76. The molecule has 0 aliphatic heterocycles. The van der Waals surface area contributed by atoms with Crippen molar-refractivity contribution in [1.29, 1.82) is 0 Å². The van der Waals surface area contributed by atoms with Crippen LogP contribution < -0.4 is 4.72 Å². The summed E-state index contributed by atoms with van der Waals surface area (Å²) in [7, 11) is -3.61. The largest absolute Gasteiger partial charge is 0.294 e. The molecule has 0 spiro atoms. The van der Waals surface area contributed by atoms with Crippen LogP contribution in [0.4, 0.5) is 5.69 Å². The van der Waals surface area contributed by atoms with E-state index in [0.717, 1.165) is 26.4 Å². The molecule has 0 saturated heterocycles. The van der Waals surface area contributed by atoms with Gasteiger partial charge in [-0.1, -0.05) is 28.1 Å². The van der Waals surface area contributed by atoms with E-state index in [-0.39, 0.29) is 4.90 Å². The summed E-state index contributed by atoms with van der Waals surface area (Å²) in [6.45, 7) is 2.04. The maximum absolute atomic E-state index is 12.4. The molecule has 26 heavy (non-hydrogen) atoms. The van der Waals surface area contributed by atoms with Gasteiger partial charge in [0.2, 0.25) is 0 Å². The molecule has 0 atom stereocenters. The molecule has 0 bridgehead atoms. The van der Waals surface area contributed by atoms with E-state index in [4.69, 9.17) is 0 Å². The molecule has 2 heterocycles. The number of hydrogen-bond acceptors (Lipinski definition) is 4. The minimum Gasteiger partial charge on any atom is -0.294 e. The first-order valence-corrected chi connectivity index (χ1v) is 10.9. The van der Waals surface area contributed by atoms with Gasteiger partial charge in [0.25, 0.3) is 10.0 Å². The van der Waals surface area contributed by atoms with Crippen molar-refractivity contribution in [3.05, 3.63) is 70.3 Å². The van der Waals surface area contributed by atoms with Crippen molar-refractivity contribution in [2.75, 3.05) is 4.72 Å². The Morgan fingerprint density at radius 1 is 1.08 bits per heavy atom. The summed E-state index contributed by atoms with van der Waals surface area (Å²) < 4.78 is 30.4. The van der Waals surface area contributed by atoms with Crippen molar-refractivity contribution in [3.63, 3.8) is 0 Å². The van der Waals surface area contributed by atoms with Crippen molar-refractivity contribution in [2.45, 2.75) is 11.8 Å². The highest BCUT2D eigenvalue weighted by atomic mass is 79.9.